The van der Waals surface area contributed by atoms with E-state index in [1.807, 2.05) is 18.2 Å². The second kappa shape index (κ2) is 4.99. The van der Waals surface area contributed by atoms with Gasteiger partial charge in [-0.05, 0) is 23.3 Å². The van der Waals surface area contributed by atoms with Gasteiger partial charge in [-0.25, -0.2) is 9.78 Å². The molecule has 0 saturated carbocycles. The third-order valence-corrected chi connectivity index (χ3v) is 3.63. The Hall–Kier alpha value is -1.92. The molecule has 0 saturated heterocycles. The van der Waals surface area contributed by atoms with E-state index >= 15 is 0 Å². The molecule has 0 amide bonds. The third-order valence-electron chi connectivity index (χ3n) is 2.87. The van der Waals surface area contributed by atoms with Crippen LogP contribution in [0, 0.1) is 0 Å². The van der Waals surface area contributed by atoms with Crippen LogP contribution in [0.25, 0.3) is 0 Å². The molecule has 0 aliphatic carbocycles. The summed E-state index contributed by atoms with van der Waals surface area (Å²) < 4.78 is 9.99. The van der Waals surface area contributed by atoms with Crippen LogP contribution >= 0.6 is 11.3 Å². The zero-order valence-electron chi connectivity index (χ0n) is 10.3. The van der Waals surface area contributed by atoms with Gasteiger partial charge in [0.25, 0.3) is 0 Å². The number of nitrogens with zero attached hydrogens (tertiary/aromatic N) is 1. The lowest BCUT2D eigenvalue weighted by molar-refractivity contribution is 0.0595. The van der Waals surface area contributed by atoms with Crippen LogP contribution < -0.4 is 5.32 Å². The van der Waals surface area contributed by atoms with Crippen molar-refractivity contribution in [1.29, 1.82) is 0 Å². The summed E-state index contributed by atoms with van der Waals surface area (Å²) in [5, 5.41) is 5.51. The van der Waals surface area contributed by atoms with Crippen LogP contribution in [0.15, 0.2) is 23.6 Å². The number of aromatic nitrogens is 1. The molecule has 6 heteroatoms. The zero-order chi connectivity index (χ0) is 13.2. The van der Waals surface area contributed by atoms with Gasteiger partial charge in [-0.15, -0.1) is 11.3 Å². The molecule has 19 heavy (non-hydrogen) atoms. The van der Waals surface area contributed by atoms with Crippen LogP contribution in [-0.4, -0.2) is 18.1 Å². The maximum atomic E-state index is 11.3. The van der Waals surface area contributed by atoms with Crippen molar-refractivity contribution in [2.75, 3.05) is 12.4 Å². The second-order valence-corrected chi connectivity index (χ2v) is 4.99. The zero-order valence-corrected chi connectivity index (χ0v) is 11.1. The number of anilines is 2. The van der Waals surface area contributed by atoms with E-state index in [0.29, 0.717) is 24.0 Å². The Kier molecular flexibility index (Phi) is 3.18. The normalized spacial score (nSPS) is 13.1. The summed E-state index contributed by atoms with van der Waals surface area (Å²) in [5.74, 6) is -0.424. The monoisotopic (exact) mass is 276 g/mol. The quantitative estimate of drug-likeness (QED) is 0.873. The molecule has 0 unspecified atom stereocenters. The SMILES string of the molecule is COC(=O)c1csc(Nc2ccc3c(c2)COC3)n1. The lowest BCUT2D eigenvalue weighted by Gasteiger charge is -2.04. The Morgan fingerprint density at radius 2 is 2.26 bits per heavy atom. The number of fused-ring (bicyclic) bond motifs is 1. The first-order chi connectivity index (χ1) is 9.26. The minimum Gasteiger partial charge on any atom is -0.464 e. The van der Waals surface area contributed by atoms with Gasteiger partial charge in [0.15, 0.2) is 10.8 Å². The third kappa shape index (κ3) is 2.45. The van der Waals surface area contributed by atoms with Crippen LogP contribution in [0.1, 0.15) is 21.6 Å². The Morgan fingerprint density at radius 1 is 1.42 bits per heavy atom. The van der Waals surface area contributed by atoms with Gasteiger partial charge in [0.05, 0.1) is 20.3 Å². The summed E-state index contributed by atoms with van der Waals surface area (Å²) in [6.07, 6.45) is 0. The van der Waals surface area contributed by atoms with Gasteiger partial charge < -0.3 is 14.8 Å². The Labute approximate surface area is 114 Å². The minimum atomic E-state index is -0.424. The number of thiazole rings is 1. The highest BCUT2D eigenvalue weighted by atomic mass is 32.1. The first-order valence-electron chi connectivity index (χ1n) is 5.76. The first-order valence-corrected chi connectivity index (χ1v) is 6.64. The fraction of sp³-hybridized carbons (Fsp3) is 0.231. The predicted molar refractivity (Wildman–Crippen MR) is 71.7 cm³/mol. The van der Waals surface area contributed by atoms with Crippen molar-refractivity contribution in [2.45, 2.75) is 13.2 Å². The number of carbonyl (C=O) groups is 1. The lowest BCUT2D eigenvalue weighted by atomic mass is 10.1. The molecule has 1 aromatic heterocycles. The van der Waals surface area contributed by atoms with E-state index in [1.54, 1.807) is 5.38 Å². The average Bonchev–Trinajstić information content (AvgIpc) is 3.06. The molecule has 98 valence electrons. The summed E-state index contributed by atoms with van der Waals surface area (Å²) in [7, 11) is 1.34. The van der Waals surface area contributed by atoms with E-state index in [1.165, 1.54) is 29.6 Å². The van der Waals surface area contributed by atoms with E-state index < -0.39 is 5.97 Å². The van der Waals surface area contributed by atoms with Crippen molar-refractivity contribution in [2.24, 2.45) is 0 Å². The van der Waals surface area contributed by atoms with Gasteiger partial charge in [-0.3, -0.25) is 0 Å². The van der Waals surface area contributed by atoms with Crippen molar-refractivity contribution in [1.82, 2.24) is 4.98 Å². The molecular weight excluding hydrogens is 264 g/mol. The smallest absolute Gasteiger partial charge is 0.357 e. The number of hydrogen-bond donors (Lipinski definition) is 1. The molecule has 3 rings (SSSR count). The number of methoxy groups -OCH3 is 1. The largest absolute Gasteiger partial charge is 0.464 e. The molecule has 5 nitrogen and oxygen atoms in total. The standard InChI is InChI=1S/C13H12N2O3S/c1-17-12(16)11-7-19-13(15-11)14-10-3-2-8-5-18-6-9(8)4-10/h2-4,7H,5-6H2,1H3,(H,14,15). The number of esters is 1. The maximum absolute atomic E-state index is 11.3. The molecule has 0 fully saturated rings. The van der Waals surface area contributed by atoms with Gasteiger partial charge >= 0.3 is 5.97 Å². The molecule has 0 spiro atoms. The first kappa shape index (κ1) is 12.1. The number of ether oxygens (including phenoxy) is 2. The summed E-state index contributed by atoms with van der Waals surface area (Å²) in [4.78, 5) is 15.5. The number of rotatable bonds is 3. The van der Waals surface area contributed by atoms with Crippen molar-refractivity contribution in [3.63, 3.8) is 0 Å². The van der Waals surface area contributed by atoms with Gasteiger partial charge in [0.2, 0.25) is 0 Å². The minimum absolute atomic E-state index is 0.319. The topological polar surface area (TPSA) is 60.5 Å². The van der Waals surface area contributed by atoms with Crippen molar-refractivity contribution < 1.29 is 14.3 Å². The van der Waals surface area contributed by atoms with Gasteiger partial charge in [-0.2, -0.15) is 0 Å². The Morgan fingerprint density at radius 3 is 3.11 bits per heavy atom. The maximum Gasteiger partial charge on any atom is 0.357 e. The van der Waals surface area contributed by atoms with Crippen LogP contribution in [0.3, 0.4) is 0 Å². The van der Waals surface area contributed by atoms with Gasteiger partial charge in [-0.1, -0.05) is 6.07 Å². The number of hydrogen-bond acceptors (Lipinski definition) is 6. The predicted octanol–water partition coefficient (Wildman–Crippen LogP) is 2.70. The highest BCUT2D eigenvalue weighted by molar-refractivity contribution is 7.14. The number of carbonyl (C=O) groups excluding carboxylic acids is 1. The van der Waals surface area contributed by atoms with E-state index in [9.17, 15) is 4.79 Å². The van der Waals surface area contributed by atoms with Crippen LogP contribution in [-0.2, 0) is 22.7 Å². The van der Waals surface area contributed by atoms with Crippen LogP contribution in [0.5, 0.6) is 0 Å². The molecule has 1 aromatic carbocycles. The van der Waals surface area contributed by atoms with Crippen LogP contribution in [0.4, 0.5) is 10.8 Å². The summed E-state index contributed by atoms with van der Waals surface area (Å²) in [6.45, 7) is 1.33. The molecule has 2 aromatic rings. The molecule has 0 radical (unpaired) electrons. The molecular formula is C13H12N2O3S. The molecule has 1 N–H and O–H groups in total. The van der Waals surface area contributed by atoms with E-state index in [2.05, 4.69) is 15.0 Å². The molecule has 1 aliphatic rings. The Bertz CT molecular complexity index is 624. The summed E-state index contributed by atoms with van der Waals surface area (Å²) in [5.41, 5.74) is 3.67. The average molecular weight is 276 g/mol. The number of nitrogens with one attached hydrogen (secondary N) is 1. The molecule has 0 bridgehead atoms. The molecule has 2 heterocycles. The van der Waals surface area contributed by atoms with E-state index in [-0.39, 0.29) is 0 Å². The fourth-order valence-electron chi connectivity index (χ4n) is 1.90. The van der Waals surface area contributed by atoms with Gasteiger partial charge in [0.1, 0.15) is 0 Å². The second-order valence-electron chi connectivity index (χ2n) is 4.13. The highest BCUT2D eigenvalue weighted by Gasteiger charge is 2.13. The highest BCUT2D eigenvalue weighted by Crippen LogP contribution is 2.26. The summed E-state index contributed by atoms with van der Waals surface area (Å²) in [6, 6.07) is 6.06. The van der Waals surface area contributed by atoms with E-state index in [0.717, 1.165) is 5.69 Å². The summed E-state index contributed by atoms with van der Waals surface area (Å²) >= 11 is 1.37. The van der Waals surface area contributed by atoms with Crippen LogP contribution in [0.2, 0.25) is 0 Å². The molecule has 0 atom stereocenters. The van der Waals surface area contributed by atoms with Crippen molar-refractivity contribution in [3.05, 3.63) is 40.4 Å². The van der Waals surface area contributed by atoms with E-state index in [4.69, 9.17) is 4.74 Å². The molecule has 1 aliphatic heterocycles. The lowest BCUT2D eigenvalue weighted by Crippen LogP contribution is -2.01. The van der Waals surface area contributed by atoms with Crippen molar-refractivity contribution in [3.8, 4) is 0 Å². The fourth-order valence-corrected chi connectivity index (χ4v) is 2.60. The Balaban J connectivity index is 1.78. The number of benzene rings is 1. The van der Waals surface area contributed by atoms with Crippen molar-refractivity contribution >= 4 is 28.1 Å². The van der Waals surface area contributed by atoms with Gasteiger partial charge in [0, 0.05) is 11.1 Å².